The van der Waals surface area contributed by atoms with Crippen LogP contribution in [0.1, 0.15) is 24.6 Å². The summed E-state index contributed by atoms with van der Waals surface area (Å²) in [7, 11) is 0. The van der Waals surface area contributed by atoms with E-state index >= 15 is 0 Å². The van der Waals surface area contributed by atoms with Gasteiger partial charge in [0, 0.05) is 43.4 Å². The predicted molar refractivity (Wildman–Crippen MR) is 140 cm³/mol. The Morgan fingerprint density at radius 1 is 1.09 bits per heavy atom. The topological polar surface area (TPSA) is 65.5 Å². The van der Waals surface area contributed by atoms with Gasteiger partial charge in [0.05, 0.1) is 10.6 Å². The molecule has 0 saturated carbocycles. The highest BCUT2D eigenvalue weighted by Gasteiger charge is 2.25. The summed E-state index contributed by atoms with van der Waals surface area (Å²) in [5, 5.41) is 4.05. The normalized spacial score (nSPS) is 18.2. The van der Waals surface area contributed by atoms with Gasteiger partial charge in [-0.2, -0.15) is 0 Å². The number of amides is 2. The van der Waals surface area contributed by atoms with E-state index in [0.29, 0.717) is 10.6 Å². The number of anilines is 1. The Morgan fingerprint density at radius 2 is 1.91 bits per heavy atom. The number of carbonyl (C=O) groups is 2. The highest BCUT2D eigenvalue weighted by molar-refractivity contribution is 8.18. The van der Waals surface area contributed by atoms with E-state index in [1.54, 1.807) is 6.08 Å². The van der Waals surface area contributed by atoms with E-state index in [2.05, 4.69) is 58.2 Å². The quantitative estimate of drug-likeness (QED) is 0.523. The van der Waals surface area contributed by atoms with E-state index in [4.69, 9.17) is 0 Å². The molecule has 0 bridgehead atoms. The Kier molecular flexibility index (Phi) is 6.39. The van der Waals surface area contributed by atoms with Crippen molar-refractivity contribution in [3.63, 3.8) is 0 Å². The first-order chi connectivity index (χ1) is 16.5. The van der Waals surface area contributed by atoms with Gasteiger partial charge >= 0.3 is 0 Å². The SMILES string of the molecule is CCCN1CCN(c2ccc(-c3cccc4cnc(C=C5SC(=O)NC5=O)cc34)cc2C)CC1. The number of piperazine rings is 1. The van der Waals surface area contributed by atoms with E-state index in [1.807, 2.05) is 24.4 Å². The van der Waals surface area contributed by atoms with Gasteiger partial charge in [0.1, 0.15) is 0 Å². The second-order valence-corrected chi connectivity index (χ2v) is 9.83. The molecule has 6 nitrogen and oxygen atoms in total. The average molecular weight is 473 g/mol. The fourth-order valence-corrected chi connectivity index (χ4v) is 5.45. The number of pyridine rings is 1. The number of rotatable bonds is 5. The molecule has 2 saturated heterocycles. The lowest BCUT2D eigenvalue weighted by Crippen LogP contribution is -2.46. The molecule has 2 aromatic carbocycles. The van der Waals surface area contributed by atoms with Crippen molar-refractivity contribution >= 4 is 45.4 Å². The van der Waals surface area contributed by atoms with E-state index in [1.165, 1.54) is 24.2 Å². The van der Waals surface area contributed by atoms with Gasteiger partial charge in [-0.25, -0.2) is 0 Å². The van der Waals surface area contributed by atoms with Crippen molar-refractivity contribution in [1.29, 1.82) is 0 Å². The summed E-state index contributed by atoms with van der Waals surface area (Å²) in [6.45, 7) is 9.96. The smallest absolute Gasteiger partial charge is 0.290 e. The molecular formula is C27H28N4O2S. The predicted octanol–water partition coefficient (Wildman–Crippen LogP) is 5.07. The van der Waals surface area contributed by atoms with E-state index < -0.39 is 0 Å². The molecule has 2 fully saturated rings. The molecule has 0 atom stereocenters. The zero-order valence-corrected chi connectivity index (χ0v) is 20.3. The molecule has 0 unspecified atom stereocenters. The molecule has 3 aromatic rings. The number of thioether (sulfide) groups is 1. The molecule has 34 heavy (non-hydrogen) atoms. The molecule has 7 heteroatoms. The summed E-state index contributed by atoms with van der Waals surface area (Å²) in [6.07, 6.45) is 4.70. The van der Waals surface area contributed by atoms with Crippen LogP contribution in [-0.2, 0) is 4.79 Å². The maximum absolute atomic E-state index is 11.9. The van der Waals surface area contributed by atoms with Gasteiger partial charge in [-0.1, -0.05) is 31.2 Å². The molecule has 5 rings (SSSR count). The van der Waals surface area contributed by atoms with Crippen LogP contribution in [-0.4, -0.2) is 53.8 Å². The van der Waals surface area contributed by atoms with E-state index in [-0.39, 0.29) is 11.1 Å². The van der Waals surface area contributed by atoms with Crippen molar-refractivity contribution in [2.45, 2.75) is 20.3 Å². The fraction of sp³-hybridized carbons (Fsp3) is 0.296. The van der Waals surface area contributed by atoms with Crippen molar-refractivity contribution in [2.24, 2.45) is 0 Å². The van der Waals surface area contributed by atoms with Crippen LogP contribution in [0.25, 0.3) is 28.0 Å². The first-order valence-corrected chi connectivity index (χ1v) is 12.6. The molecular weight excluding hydrogens is 444 g/mol. The summed E-state index contributed by atoms with van der Waals surface area (Å²) in [6, 6.07) is 14.9. The van der Waals surface area contributed by atoms with Gasteiger partial charge in [0.15, 0.2) is 0 Å². The second kappa shape index (κ2) is 9.60. The average Bonchev–Trinajstić information content (AvgIpc) is 3.15. The van der Waals surface area contributed by atoms with Gasteiger partial charge in [0.2, 0.25) is 0 Å². The molecule has 0 spiro atoms. The Bertz CT molecular complexity index is 1300. The third-order valence-corrected chi connectivity index (χ3v) is 7.28. The molecule has 0 aliphatic carbocycles. The lowest BCUT2D eigenvalue weighted by atomic mass is 9.96. The van der Waals surface area contributed by atoms with E-state index in [0.717, 1.165) is 59.8 Å². The number of fused-ring (bicyclic) bond motifs is 1. The van der Waals surface area contributed by atoms with Crippen molar-refractivity contribution < 1.29 is 9.59 Å². The number of hydrogen-bond donors (Lipinski definition) is 1. The summed E-state index contributed by atoms with van der Waals surface area (Å²) in [5.74, 6) is -0.369. The molecule has 2 amide bonds. The van der Waals surface area contributed by atoms with Crippen LogP contribution in [0.2, 0.25) is 0 Å². The maximum atomic E-state index is 11.9. The highest BCUT2D eigenvalue weighted by atomic mass is 32.2. The van der Waals surface area contributed by atoms with Crippen molar-refractivity contribution in [2.75, 3.05) is 37.6 Å². The Balaban J connectivity index is 1.45. The van der Waals surface area contributed by atoms with Gasteiger partial charge in [-0.15, -0.1) is 0 Å². The largest absolute Gasteiger partial charge is 0.369 e. The van der Waals surface area contributed by atoms with Gasteiger partial charge in [-0.3, -0.25) is 24.8 Å². The number of nitrogens with one attached hydrogen (secondary N) is 1. The van der Waals surface area contributed by atoms with Crippen LogP contribution < -0.4 is 10.2 Å². The van der Waals surface area contributed by atoms with Crippen LogP contribution in [0.5, 0.6) is 0 Å². The third kappa shape index (κ3) is 4.58. The molecule has 0 radical (unpaired) electrons. The lowest BCUT2D eigenvalue weighted by Gasteiger charge is -2.36. The Hall–Kier alpha value is -3.16. The van der Waals surface area contributed by atoms with Crippen molar-refractivity contribution in [1.82, 2.24) is 15.2 Å². The number of nitrogens with zero attached hydrogens (tertiary/aromatic N) is 3. The first kappa shape index (κ1) is 22.6. The molecule has 1 aromatic heterocycles. The summed E-state index contributed by atoms with van der Waals surface area (Å²) in [4.78, 5) is 33.3. The highest BCUT2D eigenvalue weighted by Crippen LogP contribution is 2.33. The minimum absolute atomic E-state index is 0.347. The summed E-state index contributed by atoms with van der Waals surface area (Å²) in [5.41, 5.74) is 5.52. The number of aryl methyl sites for hydroxylation is 1. The van der Waals surface area contributed by atoms with Crippen LogP contribution >= 0.6 is 11.8 Å². The lowest BCUT2D eigenvalue weighted by molar-refractivity contribution is -0.115. The molecule has 174 valence electrons. The Labute approximate surface area is 204 Å². The number of benzene rings is 2. The Morgan fingerprint density at radius 3 is 2.62 bits per heavy atom. The van der Waals surface area contributed by atoms with Crippen LogP contribution in [0.4, 0.5) is 10.5 Å². The molecule has 2 aliphatic rings. The molecule has 3 heterocycles. The second-order valence-electron chi connectivity index (χ2n) is 8.82. The van der Waals surface area contributed by atoms with Gasteiger partial charge in [0.25, 0.3) is 11.1 Å². The first-order valence-electron chi connectivity index (χ1n) is 11.7. The maximum Gasteiger partial charge on any atom is 0.290 e. The van der Waals surface area contributed by atoms with Crippen LogP contribution in [0.15, 0.2) is 53.6 Å². The summed E-state index contributed by atoms with van der Waals surface area (Å²) < 4.78 is 0. The fourth-order valence-electron chi connectivity index (χ4n) is 4.78. The number of hydrogen-bond acceptors (Lipinski definition) is 6. The van der Waals surface area contributed by atoms with Crippen LogP contribution in [0.3, 0.4) is 0 Å². The van der Waals surface area contributed by atoms with Crippen LogP contribution in [0, 0.1) is 6.92 Å². The number of imide groups is 1. The van der Waals surface area contributed by atoms with Gasteiger partial charge in [-0.05, 0) is 78.0 Å². The minimum atomic E-state index is -0.369. The third-order valence-electron chi connectivity index (χ3n) is 6.47. The molecule has 1 N–H and O–H groups in total. The standard InChI is InChI=1S/C27H28N4O2S/c1-3-9-30-10-12-31(13-11-30)24-8-7-19(14-18(24)2)22-6-4-5-20-17-28-21(15-23(20)22)16-25-26(32)29-27(33)34-25/h4-8,14-17H,3,9-13H2,1-2H3,(H,29,32,33). The van der Waals surface area contributed by atoms with E-state index in [9.17, 15) is 9.59 Å². The monoisotopic (exact) mass is 472 g/mol. The van der Waals surface area contributed by atoms with Crippen molar-refractivity contribution in [3.05, 3.63) is 64.8 Å². The minimum Gasteiger partial charge on any atom is -0.369 e. The summed E-state index contributed by atoms with van der Waals surface area (Å²) >= 11 is 0.908. The zero-order chi connectivity index (χ0) is 23.7. The number of carbonyl (C=O) groups excluding carboxylic acids is 2. The zero-order valence-electron chi connectivity index (χ0n) is 19.5. The van der Waals surface area contributed by atoms with Gasteiger partial charge < -0.3 is 4.90 Å². The van der Waals surface area contributed by atoms with Crippen molar-refractivity contribution in [3.8, 4) is 11.1 Å². The molecule has 2 aliphatic heterocycles. The number of aromatic nitrogens is 1.